The summed E-state index contributed by atoms with van der Waals surface area (Å²) in [4.78, 5) is 118. The molecule has 7 heterocycles. The first-order valence-corrected chi connectivity index (χ1v) is 54.1. The zero-order valence-corrected chi connectivity index (χ0v) is 90.2. The van der Waals surface area contributed by atoms with E-state index < -0.39 is 162 Å². The number of cyclic esters (lactones) is 2. The molecule has 28 nitrogen and oxygen atoms in total. The van der Waals surface area contributed by atoms with E-state index in [2.05, 4.69) is 53.0 Å². The number of esters is 2. The maximum absolute atomic E-state index is 14.5. The number of hydrogen-bond donors (Lipinski definition) is 7. The molecule has 2 saturated carbocycles. The topological polar surface area (TPSA) is 386 Å². The van der Waals surface area contributed by atoms with Gasteiger partial charge in [0.25, 0.3) is 23.4 Å². The number of nitrogens with zero attached hydrogens (tertiary/aromatic N) is 2. The van der Waals surface area contributed by atoms with Gasteiger partial charge in [-0.25, -0.2) is 9.59 Å². The second-order valence-corrected chi connectivity index (χ2v) is 44.0. The van der Waals surface area contributed by atoms with Crippen LogP contribution in [-0.2, 0) is 90.5 Å². The summed E-state index contributed by atoms with van der Waals surface area (Å²) < 4.78 is 66.8. The van der Waals surface area contributed by atoms with Crippen LogP contribution in [0, 0.1) is 76.9 Å². The fourth-order valence-corrected chi connectivity index (χ4v) is 22.7. The smallest absolute Gasteiger partial charge is 0.329 e. The molecule has 9 aliphatic rings. The molecule has 2 aliphatic carbocycles. The molecule has 31 atom stereocenters. The van der Waals surface area contributed by atoms with Crippen molar-refractivity contribution in [3.05, 3.63) is 155 Å². The van der Waals surface area contributed by atoms with Crippen LogP contribution in [0.15, 0.2) is 150 Å². The number of piperidine rings is 2. The second kappa shape index (κ2) is 58.8. The summed E-state index contributed by atoms with van der Waals surface area (Å²) in [5.74, 6) is -13.6. The molecule has 145 heavy (non-hydrogen) atoms. The predicted molar refractivity (Wildman–Crippen MR) is 556 cm³/mol. The Morgan fingerprint density at radius 1 is 0.469 bits per heavy atom. The zero-order valence-electron chi connectivity index (χ0n) is 90.2. The maximum Gasteiger partial charge on any atom is 0.329 e. The molecule has 2 amide bonds. The Bertz CT molecular complexity index is 4600. The van der Waals surface area contributed by atoms with Gasteiger partial charge in [0.2, 0.25) is 11.6 Å². The van der Waals surface area contributed by atoms with E-state index in [-0.39, 0.29) is 123 Å². The lowest BCUT2D eigenvalue weighted by Gasteiger charge is -2.43. The third-order valence-corrected chi connectivity index (χ3v) is 32.7. The Morgan fingerprint density at radius 2 is 0.883 bits per heavy atom. The van der Waals surface area contributed by atoms with Crippen molar-refractivity contribution in [1.29, 1.82) is 0 Å². The van der Waals surface area contributed by atoms with E-state index in [4.69, 9.17) is 52.1 Å². The quantitative estimate of drug-likeness (QED) is 0.0408. The predicted octanol–water partition coefficient (Wildman–Crippen LogP) is 16.6. The maximum atomic E-state index is 14.5. The number of aliphatic hydroxyl groups is 7. The Kier molecular flexibility index (Phi) is 49.1. The lowest BCUT2D eigenvalue weighted by atomic mass is 9.78. The number of fused-ring (bicyclic) bond motifs is 6. The van der Waals surface area contributed by atoms with Crippen LogP contribution < -0.4 is 0 Å². The highest BCUT2D eigenvalue weighted by Crippen LogP contribution is 2.43. The SMILES string of the molecule is C=C1[C@H](C)C[C@H](C)/C=C/C=C/C=C(\C)C(OCCC2CCOCC2)C[C@@H]2CC[C@@H](C)[C@@](O)(O2)C(=O)C(=O)N2CCCCC2C(=O)O[C@H]([C@H](C)C[C@@H]2CC[C@@H](O)[C@H](OC)C2)CC(=O)[C@H](C)/C=C(\C)[C@@H](O)[C@H]1OC.C=C1[C@H](C)C[C@H](C)/C=C/C=C/C=C(\C)C(OC[C@H](O)c2ccccc2)C[C@@H]2CC[C@@H](C)[C@@](O)(O2)C(=O)C(=O)N2CCCCC2C(=O)O[C@H]([C@H](C)C[C@@H]2CC[C@@H](O)[C@H](OC)C2)CC(=O)[C@H](C)/C=C(\C)[C@@H](O)[C@H]1OC. The van der Waals surface area contributed by atoms with Crippen molar-refractivity contribution < 1.29 is 126 Å². The number of ether oxygens (including phenoxy) is 11. The Balaban J connectivity index is 0.000000323. The highest BCUT2D eigenvalue weighted by atomic mass is 16.6. The first-order valence-electron chi connectivity index (χ1n) is 54.1. The number of Topliss-reactive ketones (excluding diaryl/α,β-unsaturated/α-hetero) is 4. The van der Waals surface area contributed by atoms with Gasteiger partial charge in [0.1, 0.15) is 66.4 Å². The first-order chi connectivity index (χ1) is 68.9. The number of hydrogen-bond acceptors (Lipinski definition) is 26. The van der Waals surface area contributed by atoms with E-state index in [0.29, 0.717) is 126 Å². The van der Waals surface area contributed by atoms with Crippen molar-refractivity contribution >= 4 is 46.9 Å². The molecule has 7 N–H and O–H groups in total. The van der Waals surface area contributed by atoms with E-state index in [9.17, 15) is 74.1 Å². The van der Waals surface area contributed by atoms with Gasteiger partial charge in [-0.2, -0.15) is 0 Å². The molecular weight excluding hydrogens is 1850 g/mol. The van der Waals surface area contributed by atoms with E-state index in [0.717, 1.165) is 80.5 Å². The molecule has 0 spiro atoms. The standard InChI is InChI=1S/C59H87NO13.C58H91NO13/c1-36-19-13-11-14-20-37(2)51(71-35-50(63)45-21-15-12-16-22-45)33-46-26-24-42(7)59(68,73-46)56(65)57(66)60-28-18-17-23-47(60)58(67)72-52(40(5)31-44-25-27-48(61)53(32-44)69-9)34-49(62)39(4)30-41(6)54(64)55(70-10)43(8)38(3)29-36;1-36-16-12-11-13-17-37(2)50(70-29-25-44-23-27-69-28-24-44)34-46-21-19-42(7)58(66,72-46)55(63)56(64)59-26-15-14-18-47(59)57(65)71-51(40(5)32-45-20-22-48(60)52(33-45)67-9)35-49(61)39(4)31-41(6)53(62)54(68-10)43(8)38(3)30-36/h11-16,19-22,30,36,38-40,42,44,46-48,50-55,61,63-64,68H,8,17-18,23-29,31-35H2,1-7,9-10H3;11-13,16-17,31,36,38-40,42,44-48,50-54,60,62,66H,8,14-15,18-30,32-35H2,1-7,9-10H3/b14-11+,19-13+,37-20+,41-30+;13-11+,16-12+,37-17+,41-31+/t36-,38-,39-,40-,42-,44+,46+,47?,48-,50+,51?,52+,53-,54-,55+,59-;36-,38-,39-,40-,42-,45+,46+,47?,48-,50?,51+,52-,53-,54+,58-/m11/s1. The largest absolute Gasteiger partial charge is 0.460 e. The number of allylic oxidation sites excluding steroid dienone is 12. The van der Waals surface area contributed by atoms with Crippen molar-refractivity contribution in [2.75, 3.05) is 68.0 Å². The molecule has 1 aromatic rings. The third-order valence-electron chi connectivity index (χ3n) is 32.7. The number of rotatable bonds is 18. The van der Waals surface area contributed by atoms with Crippen LogP contribution in [-0.4, -0.2) is 270 Å². The van der Waals surface area contributed by atoms with Gasteiger partial charge in [-0.15, -0.1) is 0 Å². The number of carbonyl (C=O) groups excluding carboxylic acids is 8. The van der Waals surface area contributed by atoms with Crippen LogP contribution in [0.25, 0.3) is 0 Å². The number of methoxy groups -OCH3 is 4. The van der Waals surface area contributed by atoms with Gasteiger partial charge >= 0.3 is 11.9 Å². The fourth-order valence-electron chi connectivity index (χ4n) is 22.7. The van der Waals surface area contributed by atoms with Crippen LogP contribution in [0.5, 0.6) is 0 Å². The highest BCUT2D eigenvalue weighted by molar-refractivity contribution is 6.39. The molecule has 5 saturated heterocycles. The number of amides is 2. The Hall–Kier alpha value is -7.46. The Morgan fingerprint density at radius 3 is 1.29 bits per heavy atom. The third kappa shape index (κ3) is 34.5. The lowest BCUT2D eigenvalue weighted by Crippen LogP contribution is -2.61. The van der Waals surface area contributed by atoms with Crippen molar-refractivity contribution in [2.24, 2.45) is 76.9 Å². The summed E-state index contributed by atoms with van der Waals surface area (Å²) in [6.07, 6.45) is 26.9. The molecule has 4 unspecified atom stereocenters. The fraction of sp³-hybridized carbons (Fsp3) is 0.709. The average Bonchev–Trinajstić information content (AvgIpc) is 0.772. The molecule has 7 fully saturated rings. The van der Waals surface area contributed by atoms with Gasteiger partial charge in [0.05, 0.1) is 55.4 Å². The van der Waals surface area contributed by atoms with Crippen LogP contribution in [0.2, 0.25) is 0 Å². The summed E-state index contributed by atoms with van der Waals surface area (Å²) in [7, 11) is 6.24. The molecule has 0 radical (unpaired) electrons. The van der Waals surface area contributed by atoms with Crippen molar-refractivity contribution in [2.45, 2.75) is 386 Å². The lowest BCUT2D eigenvalue weighted by molar-refractivity contribution is -0.266. The van der Waals surface area contributed by atoms with E-state index in [1.165, 1.54) is 16.9 Å². The minimum Gasteiger partial charge on any atom is -0.460 e. The van der Waals surface area contributed by atoms with Crippen LogP contribution in [0.4, 0.5) is 0 Å². The van der Waals surface area contributed by atoms with Crippen molar-refractivity contribution in [3.63, 3.8) is 0 Å². The van der Waals surface area contributed by atoms with Crippen LogP contribution in [0.1, 0.15) is 282 Å². The first kappa shape index (κ1) is 121. The summed E-state index contributed by atoms with van der Waals surface area (Å²) in [6, 6.07) is 6.90. The van der Waals surface area contributed by atoms with Crippen molar-refractivity contribution in [1.82, 2.24) is 9.80 Å². The van der Waals surface area contributed by atoms with Crippen LogP contribution in [0.3, 0.4) is 0 Å². The molecular formula is C117H178N2O26. The van der Waals surface area contributed by atoms with Gasteiger partial charge in [-0.3, -0.25) is 28.8 Å². The summed E-state index contributed by atoms with van der Waals surface area (Å²) >= 11 is 0. The highest BCUT2D eigenvalue weighted by Gasteiger charge is 2.56. The number of carbonyl (C=O) groups is 8. The zero-order chi connectivity index (χ0) is 106. The van der Waals surface area contributed by atoms with Crippen LogP contribution >= 0.6 is 0 Å². The Labute approximate surface area is 864 Å². The normalized spacial score (nSPS) is 38.4. The van der Waals surface area contributed by atoms with E-state index in [1.54, 1.807) is 75.0 Å². The monoisotopic (exact) mass is 2030 g/mol. The van der Waals surface area contributed by atoms with Gasteiger partial charge in [0.15, 0.2) is 0 Å². The number of ketones is 4. The van der Waals surface area contributed by atoms with Gasteiger partial charge < -0.3 is 97.7 Å². The minimum absolute atomic E-state index is 0.00540. The molecule has 4 bridgehead atoms. The second-order valence-electron chi connectivity index (χ2n) is 44.0. The summed E-state index contributed by atoms with van der Waals surface area (Å²) in [5.41, 5.74) is 5.00. The van der Waals surface area contributed by atoms with Gasteiger partial charge in [-0.1, -0.05) is 186 Å². The minimum atomic E-state index is -2.50. The summed E-state index contributed by atoms with van der Waals surface area (Å²) in [6.45, 7) is 37.4. The molecule has 0 aromatic heterocycles. The molecule has 10 rings (SSSR count). The number of aliphatic hydroxyl groups excluding tert-OH is 5. The number of benzene rings is 1. The molecule has 1 aromatic carbocycles. The summed E-state index contributed by atoms with van der Waals surface area (Å²) in [5, 5.41) is 79.9. The average molecular weight is 2030 g/mol. The molecule has 812 valence electrons. The van der Waals surface area contributed by atoms with E-state index in [1.807, 2.05) is 107 Å². The van der Waals surface area contributed by atoms with Gasteiger partial charge in [-0.05, 0) is 268 Å². The van der Waals surface area contributed by atoms with Gasteiger partial charge in [0, 0.05) is 111 Å². The molecule has 7 aliphatic heterocycles. The molecule has 28 heteroatoms. The van der Waals surface area contributed by atoms with E-state index >= 15 is 0 Å². The van der Waals surface area contributed by atoms with Crippen molar-refractivity contribution in [3.8, 4) is 0 Å².